The van der Waals surface area contributed by atoms with Crippen LogP contribution in [-0.4, -0.2) is 35.3 Å². The van der Waals surface area contributed by atoms with Crippen molar-refractivity contribution in [2.75, 3.05) is 0 Å². The summed E-state index contributed by atoms with van der Waals surface area (Å²) in [5.41, 5.74) is 2.11. The Bertz CT molecular complexity index is 1120. The molecule has 0 saturated carbocycles. The number of carbonyl (C=O) groups is 1. The van der Waals surface area contributed by atoms with Gasteiger partial charge in [0.15, 0.2) is 0 Å². The van der Waals surface area contributed by atoms with E-state index < -0.39 is 0 Å². The number of halogens is 1. The second-order valence-electron chi connectivity index (χ2n) is 6.02. The van der Waals surface area contributed by atoms with Crippen molar-refractivity contribution in [3.05, 3.63) is 77.4 Å². The van der Waals surface area contributed by atoms with Crippen molar-refractivity contribution in [1.82, 2.24) is 34.7 Å². The first-order chi connectivity index (χ1) is 13.1. The zero-order valence-corrected chi connectivity index (χ0v) is 14.5. The van der Waals surface area contributed by atoms with Gasteiger partial charge in [-0.3, -0.25) is 9.20 Å². The van der Waals surface area contributed by atoms with Gasteiger partial charge < -0.3 is 5.32 Å². The quantitative estimate of drug-likeness (QED) is 0.582. The van der Waals surface area contributed by atoms with Crippen LogP contribution in [0.25, 0.3) is 5.78 Å². The molecule has 0 unspecified atom stereocenters. The van der Waals surface area contributed by atoms with Crippen LogP contribution >= 0.6 is 0 Å². The van der Waals surface area contributed by atoms with Crippen LogP contribution in [0.2, 0.25) is 0 Å². The van der Waals surface area contributed by atoms with E-state index in [-0.39, 0.29) is 24.8 Å². The normalized spacial score (nSPS) is 11.0. The Labute approximate surface area is 153 Å². The molecule has 3 aromatic heterocycles. The number of aromatic nitrogens is 6. The van der Waals surface area contributed by atoms with Gasteiger partial charge in [0.25, 0.3) is 5.91 Å². The number of nitrogens with one attached hydrogen (secondary N) is 1. The maximum absolute atomic E-state index is 13.7. The highest BCUT2D eigenvalue weighted by atomic mass is 19.1. The molecule has 0 bridgehead atoms. The maximum Gasteiger partial charge on any atom is 0.270 e. The van der Waals surface area contributed by atoms with E-state index in [0.29, 0.717) is 28.4 Å². The van der Waals surface area contributed by atoms with Gasteiger partial charge in [-0.2, -0.15) is 0 Å². The fourth-order valence-electron chi connectivity index (χ4n) is 2.82. The fourth-order valence-corrected chi connectivity index (χ4v) is 2.82. The highest BCUT2D eigenvalue weighted by molar-refractivity contribution is 5.94. The highest BCUT2D eigenvalue weighted by Crippen LogP contribution is 2.11. The Morgan fingerprint density at radius 1 is 1.26 bits per heavy atom. The minimum atomic E-state index is -0.292. The van der Waals surface area contributed by atoms with Crippen LogP contribution in [0.1, 0.15) is 27.4 Å². The summed E-state index contributed by atoms with van der Waals surface area (Å²) in [5, 5.41) is 10.8. The lowest BCUT2D eigenvalue weighted by atomic mass is 10.2. The Balaban J connectivity index is 1.45. The van der Waals surface area contributed by atoms with Crippen molar-refractivity contribution in [2.45, 2.75) is 20.0 Å². The molecule has 0 fully saturated rings. The number of amides is 1. The first-order valence-corrected chi connectivity index (χ1v) is 8.32. The molecule has 0 radical (unpaired) electrons. The lowest BCUT2D eigenvalue weighted by molar-refractivity contribution is 0.0944. The maximum atomic E-state index is 13.7. The number of hydrogen-bond donors (Lipinski definition) is 1. The average molecular weight is 365 g/mol. The summed E-state index contributed by atoms with van der Waals surface area (Å²) < 4.78 is 16.9. The number of aryl methyl sites for hydroxylation is 1. The zero-order chi connectivity index (χ0) is 18.8. The predicted octanol–water partition coefficient (Wildman–Crippen LogP) is 1.75. The van der Waals surface area contributed by atoms with Crippen LogP contribution in [0.4, 0.5) is 4.39 Å². The summed E-state index contributed by atoms with van der Waals surface area (Å²) in [4.78, 5) is 21.0. The SMILES string of the molecule is Cc1nc2ncccn2c1C(=O)NCc1cn(Cc2ccccc2F)nn1. The highest BCUT2D eigenvalue weighted by Gasteiger charge is 2.17. The lowest BCUT2D eigenvalue weighted by Crippen LogP contribution is -2.25. The van der Waals surface area contributed by atoms with Crippen molar-refractivity contribution < 1.29 is 9.18 Å². The molecule has 3 heterocycles. The smallest absolute Gasteiger partial charge is 0.270 e. The van der Waals surface area contributed by atoms with Gasteiger partial charge in [0, 0.05) is 18.0 Å². The number of carbonyl (C=O) groups excluding carboxylic acids is 1. The molecule has 1 N–H and O–H groups in total. The number of benzene rings is 1. The molecule has 0 spiro atoms. The lowest BCUT2D eigenvalue weighted by Gasteiger charge is -2.04. The van der Waals surface area contributed by atoms with E-state index in [1.807, 2.05) is 0 Å². The van der Waals surface area contributed by atoms with E-state index in [2.05, 4.69) is 25.6 Å². The third-order valence-electron chi connectivity index (χ3n) is 4.10. The number of fused-ring (bicyclic) bond motifs is 1. The monoisotopic (exact) mass is 365 g/mol. The molecule has 0 aliphatic rings. The zero-order valence-electron chi connectivity index (χ0n) is 14.5. The fraction of sp³-hybridized carbons (Fsp3) is 0.167. The molecular weight excluding hydrogens is 349 g/mol. The van der Waals surface area contributed by atoms with E-state index >= 15 is 0 Å². The third-order valence-corrected chi connectivity index (χ3v) is 4.10. The Morgan fingerprint density at radius 2 is 2.11 bits per heavy atom. The predicted molar refractivity (Wildman–Crippen MR) is 94.4 cm³/mol. The molecule has 1 aromatic carbocycles. The van der Waals surface area contributed by atoms with E-state index in [9.17, 15) is 9.18 Å². The summed E-state index contributed by atoms with van der Waals surface area (Å²) >= 11 is 0. The first kappa shape index (κ1) is 16.8. The van der Waals surface area contributed by atoms with Crippen molar-refractivity contribution in [2.24, 2.45) is 0 Å². The molecular formula is C18H16FN7O. The van der Waals surface area contributed by atoms with Crippen LogP contribution in [0.3, 0.4) is 0 Å². The van der Waals surface area contributed by atoms with Crippen molar-refractivity contribution in [3.8, 4) is 0 Å². The summed E-state index contributed by atoms with van der Waals surface area (Å²) in [6, 6.07) is 8.24. The topological polar surface area (TPSA) is 90.0 Å². The number of rotatable bonds is 5. The Kier molecular flexibility index (Phi) is 4.33. The van der Waals surface area contributed by atoms with Crippen molar-refractivity contribution >= 4 is 11.7 Å². The van der Waals surface area contributed by atoms with Crippen LogP contribution in [-0.2, 0) is 13.1 Å². The molecule has 4 aromatic rings. The molecule has 4 rings (SSSR count). The molecule has 27 heavy (non-hydrogen) atoms. The second kappa shape index (κ2) is 6.94. The summed E-state index contributed by atoms with van der Waals surface area (Å²) in [6.07, 6.45) is 5.04. The summed E-state index contributed by atoms with van der Waals surface area (Å²) in [7, 11) is 0. The average Bonchev–Trinajstić information content (AvgIpc) is 3.24. The minimum Gasteiger partial charge on any atom is -0.345 e. The molecule has 1 amide bonds. The van der Waals surface area contributed by atoms with E-state index in [1.165, 1.54) is 10.7 Å². The van der Waals surface area contributed by atoms with E-state index in [0.717, 1.165) is 0 Å². The summed E-state index contributed by atoms with van der Waals surface area (Å²) in [5.74, 6) is -0.104. The van der Waals surface area contributed by atoms with E-state index in [1.54, 1.807) is 54.2 Å². The van der Waals surface area contributed by atoms with Gasteiger partial charge in [-0.1, -0.05) is 23.4 Å². The molecule has 0 saturated heterocycles. The van der Waals surface area contributed by atoms with Gasteiger partial charge in [0.2, 0.25) is 5.78 Å². The minimum absolute atomic E-state index is 0.197. The number of imidazole rings is 1. The van der Waals surface area contributed by atoms with Gasteiger partial charge in [0.05, 0.1) is 25.0 Å². The molecule has 0 aliphatic heterocycles. The van der Waals surface area contributed by atoms with Gasteiger partial charge in [0.1, 0.15) is 17.2 Å². The van der Waals surface area contributed by atoms with Gasteiger partial charge >= 0.3 is 0 Å². The second-order valence-corrected chi connectivity index (χ2v) is 6.02. The molecule has 136 valence electrons. The van der Waals surface area contributed by atoms with Gasteiger partial charge in [-0.25, -0.2) is 19.0 Å². The molecule has 8 nitrogen and oxygen atoms in total. The van der Waals surface area contributed by atoms with Crippen molar-refractivity contribution in [1.29, 1.82) is 0 Å². The molecule has 9 heteroatoms. The summed E-state index contributed by atoms with van der Waals surface area (Å²) in [6.45, 7) is 2.23. The van der Waals surface area contributed by atoms with Crippen LogP contribution in [0.5, 0.6) is 0 Å². The number of nitrogens with zero attached hydrogens (tertiary/aromatic N) is 6. The molecule has 0 atom stereocenters. The van der Waals surface area contributed by atoms with Crippen LogP contribution in [0, 0.1) is 12.7 Å². The van der Waals surface area contributed by atoms with Crippen LogP contribution in [0.15, 0.2) is 48.9 Å². The third kappa shape index (κ3) is 3.39. The number of hydrogen-bond acceptors (Lipinski definition) is 5. The first-order valence-electron chi connectivity index (χ1n) is 8.32. The largest absolute Gasteiger partial charge is 0.345 e. The van der Waals surface area contributed by atoms with E-state index in [4.69, 9.17) is 0 Å². The standard InChI is InChI=1S/C18H16FN7O/c1-12-16(26-8-4-7-20-18(26)22-12)17(27)21-9-14-11-25(24-23-14)10-13-5-2-3-6-15(13)19/h2-8,11H,9-10H2,1H3,(H,21,27). The van der Waals surface area contributed by atoms with Gasteiger partial charge in [-0.05, 0) is 19.1 Å². The van der Waals surface area contributed by atoms with Crippen molar-refractivity contribution in [3.63, 3.8) is 0 Å². The Morgan fingerprint density at radius 3 is 2.96 bits per heavy atom. The molecule has 0 aliphatic carbocycles. The van der Waals surface area contributed by atoms with Gasteiger partial charge in [-0.15, -0.1) is 5.10 Å². The van der Waals surface area contributed by atoms with Crippen LogP contribution < -0.4 is 5.32 Å². The Hall–Kier alpha value is -3.62.